The van der Waals surface area contributed by atoms with E-state index in [1.807, 2.05) is 24.0 Å². The van der Waals surface area contributed by atoms with Crippen LogP contribution in [0.2, 0.25) is 0 Å². The van der Waals surface area contributed by atoms with Crippen LogP contribution in [0.3, 0.4) is 0 Å². The summed E-state index contributed by atoms with van der Waals surface area (Å²) < 4.78 is 5.96. The second kappa shape index (κ2) is 8.61. The first kappa shape index (κ1) is 18.1. The number of anilines is 1. The average molecular weight is 385 g/mol. The van der Waals surface area contributed by atoms with Gasteiger partial charge >= 0.3 is 0 Å². The molecular formula is C20H24N4O2S. The molecule has 0 aliphatic carbocycles. The predicted octanol–water partition coefficient (Wildman–Crippen LogP) is 2.89. The zero-order valence-electron chi connectivity index (χ0n) is 15.3. The fraction of sp³-hybridized carbons (Fsp3) is 0.450. The van der Waals surface area contributed by atoms with Crippen LogP contribution >= 0.6 is 11.8 Å². The Bertz CT molecular complexity index is 789. The first-order valence-corrected chi connectivity index (χ1v) is 10.6. The first-order valence-electron chi connectivity index (χ1n) is 9.47. The van der Waals surface area contributed by atoms with E-state index in [4.69, 9.17) is 4.74 Å². The summed E-state index contributed by atoms with van der Waals surface area (Å²) in [6.07, 6.45) is 7.04. The lowest BCUT2D eigenvalue weighted by Gasteiger charge is -2.17. The van der Waals surface area contributed by atoms with Crippen molar-refractivity contribution in [1.82, 2.24) is 15.3 Å². The molecule has 1 atom stereocenters. The topological polar surface area (TPSA) is 67.4 Å². The number of thioether (sulfide) groups is 1. The molecule has 1 N–H and O–H groups in total. The number of ether oxygens (including phenoxy) is 1. The number of carbonyl (C=O) groups is 1. The summed E-state index contributed by atoms with van der Waals surface area (Å²) in [4.78, 5) is 23.7. The highest BCUT2D eigenvalue weighted by molar-refractivity contribution is 7.99. The van der Waals surface area contributed by atoms with Gasteiger partial charge in [0.05, 0.1) is 0 Å². The van der Waals surface area contributed by atoms with E-state index in [0.29, 0.717) is 18.0 Å². The molecule has 27 heavy (non-hydrogen) atoms. The largest absolute Gasteiger partial charge is 0.473 e. The van der Waals surface area contributed by atoms with Crippen molar-refractivity contribution in [2.75, 3.05) is 29.5 Å². The van der Waals surface area contributed by atoms with Crippen LogP contribution in [0.15, 0.2) is 36.7 Å². The zero-order chi connectivity index (χ0) is 18.5. The molecule has 0 spiro atoms. The molecule has 2 aromatic rings. The quantitative estimate of drug-likeness (QED) is 0.826. The third kappa shape index (κ3) is 4.53. The highest BCUT2D eigenvalue weighted by atomic mass is 32.2. The molecule has 1 amide bonds. The number of carbonyl (C=O) groups excluding carboxylic acids is 1. The Morgan fingerprint density at radius 2 is 2.15 bits per heavy atom. The van der Waals surface area contributed by atoms with Crippen molar-refractivity contribution >= 4 is 23.5 Å². The van der Waals surface area contributed by atoms with E-state index < -0.39 is 0 Å². The number of amides is 1. The summed E-state index contributed by atoms with van der Waals surface area (Å²) in [5.41, 5.74) is 1.53. The predicted molar refractivity (Wildman–Crippen MR) is 107 cm³/mol. The molecule has 2 saturated heterocycles. The van der Waals surface area contributed by atoms with Gasteiger partial charge in [-0.05, 0) is 54.8 Å². The number of aromatic nitrogens is 2. The van der Waals surface area contributed by atoms with Crippen LogP contribution in [-0.2, 0) is 6.54 Å². The van der Waals surface area contributed by atoms with Gasteiger partial charge in [-0.15, -0.1) is 0 Å². The van der Waals surface area contributed by atoms with Crippen molar-refractivity contribution in [3.05, 3.63) is 47.8 Å². The highest BCUT2D eigenvalue weighted by Crippen LogP contribution is 2.24. The fourth-order valence-corrected chi connectivity index (χ4v) is 4.48. The molecule has 4 heterocycles. The van der Waals surface area contributed by atoms with E-state index in [9.17, 15) is 4.79 Å². The van der Waals surface area contributed by atoms with Crippen molar-refractivity contribution in [2.45, 2.75) is 31.9 Å². The van der Waals surface area contributed by atoms with E-state index >= 15 is 0 Å². The third-order valence-electron chi connectivity index (χ3n) is 4.88. The van der Waals surface area contributed by atoms with Gasteiger partial charge in [-0.25, -0.2) is 9.97 Å². The zero-order valence-corrected chi connectivity index (χ0v) is 16.1. The average Bonchev–Trinajstić information content (AvgIpc) is 3.41. The molecule has 6 nitrogen and oxygen atoms in total. The molecule has 2 fully saturated rings. The van der Waals surface area contributed by atoms with Crippen molar-refractivity contribution in [1.29, 1.82) is 0 Å². The van der Waals surface area contributed by atoms with Crippen LogP contribution in [-0.4, -0.2) is 46.6 Å². The molecule has 2 aliphatic heterocycles. The Morgan fingerprint density at radius 3 is 2.96 bits per heavy atom. The molecule has 4 rings (SSSR count). The van der Waals surface area contributed by atoms with Gasteiger partial charge in [0, 0.05) is 37.8 Å². The Hall–Kier alpha value is -2.28. The van der Waals surface area contributed by atoms with Gasteiger partial charge in [0.1, 0.15) is 17.5 Å². The maximum absolute atomic E-state index is 12.7. The van der Waals surface area contributed by atoms with Crippen molar-refractivity contribution < 1.29 is 9.53 Å². The smallest absolute Gasteiger partial charge is 0.257 e. The number of nitrogens with zero attached hydrogens (tertiary/aromatic N) is 3. The molecule has 2 aliphatic rings. The van der Waals surface area contributed by atoms with Crippen molar-refractivity contribution in [2.24, 2.45) is 0 Å². The van der Waals surface area contributed by atoms with Crippen molar-refractivity contribution in [3.63, 3.8) is 0 Å². The van der Waals surface area contributed by atoms with Gasteiger partial charge < -0.3 is 15.0 Å². The summed E-state index contributed by atoms with van der Waals surface area (Å²) in [5.74, 6) is 3.30. The molecule has 142 valence electrons. The van der Waals surface area contributed by atoms with E-state index in [0.717, 1.165) is 42.4 Å². The molecule has 0 aromatic carbocycles. The van der Waals surface area contributed by atoms with Crippen LogP contribution in [0.5, 0.6) is 5.88 Å². The van der Waals surface area contributed by atoms with E-state index in [1.54, 1.807) is 18.3 Å². The minimum Gasteiger partial charge on any atom is -0.473 e. The second-order valence-corrected chi connectivity index (χ2v) is 8.01. The number of nitrogens with one attached hydrogen (secondary N) is 1. The minimum absolute atomic E-state index is 0.139. The maximum atomic E-state index is 12.7. The highest BCUT2D eigenvalue weighted by Gasteiger charge is 2.21. The first-order chi connectivity index (χ1) is 13.3. The monoisotopic (exact) mass is 384 g/mol. The van der Waals surface area contributed by atoms with Gasteiger partial charge in [-0.1, -0.05) is 0 Å². The molecule has 0 bridgehead atoms. The maximum Gasteiger partial charge on any atom is 0.257 e. The standard InChI is InChI=1S/C20H24N4O2S/c25-19(17-4-3-7-22-20(17)26-16-6-11-27-14-16)23-13-15-5-8-21-18(12-15)24-9-1-2-10-24/h3-5,7-8,12,16H,1-2,6,9-11,13-14H2,(H,23,25). The van der Waals surface area contributed by atoms with Crippen molar-refractivity contribution in [3.8, 4) is 5.88 Å². The number of hydrogen-bond acceptors (Lipinski definition) is 6. The molecule has 2 aromatic heterocycles. The van der Waals surface area contributed by atoms with Crippen LogP contribution < -0.4 is 15.0 Å². The molecule has 0 radical (unpaired) electrons. The summed E-state index contributed by atoms with van der Waals surface area (Å²) in [6.45, 7) is 2.56. The van der Waals surface area contributed by atoms with Crippen LogP contribution in [0.1, 0.15) is 35.2 Å². The lowest BCUT2D eigenvalue weighted by atomic mass is 10.2. The summed E-state index contributed by atoms with van der Waals surface area (Å²) in [7, 11) is 0. The Labute approximate surface area is 163 Å². The fourth-order valence-electron chi connectivity index (χ4n) is 3.39. The lowest BCUT2D eigenvalue weighted by Crippen LogP contribution is -2.25. The third-order valence-corrected chi connectivity index (χ3v) is 6.01. The van der Waals surface area contributed by atoms with E-state index in [-0.39, 0.29) is 12.0 Å². The van der Waals surface area contributed by atoms with E-state index in [1.165, 1.54) is 12.8 Å². The van der Waals surface area contributed by atoms with Crippen LogP contribution in [0.25, 0.3) is 0 Å². The number of pyridine rings is 2. The van der Waals surface area contributed by atoms with Crippen LogP contribution in [0.4, 0.5) is 5.82 Å². The summed E-state index contributed by atoms with van der Waals surface area (Å²) in [6, 6.07) is 7.53. The Morgan fingerprint density at radius 1 is 1.26 bits per heavy atom. The SMILES string of the molecule is O=C(NCc1ccnc(N2CCCC2)c1)c1cccnc1OC1CCSC1. The Kier molecular flexibility index (Phi) is 5.77. The minimum atomic E-state index is -0.164. The second-order valence-electron chi connectivity index (χ2n) is 6.86. The molecule has 1 unspecified atom stereocenters. The summed E-state index contributed by atoms with van der Waals surface area (Å²) >= 11 is 1.87. The van der Waals surface area contributed by atoms with Crippen LogP contribution in [0, 0.1) is 0 Å². The Balaban J connectivity index is 1.40. The van der Waals surface area contributed by atoms with Gasteiger partial charge in [0.15, 0.2) is 0 Å². The molecular weight excluding hydrogens is 360 g/mol. The number of rotatable bonds is 6. The molecule has 0 saturated carbocycles. The molecule has 7 heteroatoms. The van der Waals surface area contributed by atoms with E-state index in [2.05, 4.69) is 26.3 Å². The van der Waals surface area contributed by atoms with Gasteiger partial charge in [0.2, 0.25) is 5.88 Å². The van der Waals surface area contributed by atoms with Gasteiger partial charge in [-0.2, -0.15) is 11.8 Å². The normalized spacial score (nSPS) is 19.3. The lowest BCUT2D eigenvalue weighted by molar-refractivity contribution is 0.0943. The van der Waals surface area contributed by atoms with Gasteiger partial charge in [0.25, 0.3) is 5.91 Å². The van der Waals surface area contributed by atoms with Gasteiger partial charge in [-0.3, -0.25) is 4.79 Å². The number of hydrogen-bond donors (Lipinski definition) is 1. The summed E-state index contributed by atoms with van der Waals surface area (Å²) in [5, 5.41) is 2.99.